The first kappa shape index (κ1) is 65.2. The van der Waals surface area contributed by atoms with Crippen LogP contribution in [0.4, 0.5) is 87.8 Å². The van der Waals surface area contributed by atoms with Crippen molar-refractivity contribution in [2.75, 3.05) is 0 Å². The number of nitrogens with zero attached hydrogens (tertiary/aromatic N) is 2. The van der Waals surface area contributed by atoms with Gasteiger partial charge in [0.25, 0.3) is 0 Å². The maximum atomic E-state index is 15.4. The Kier molecular flexibility index (Phi) is 17.5. The summed E-state index contributed by atoms with van der Waals surface area (Å²) in [6.45, 7) is 0. The smallest absolute Gasteiger partial charge is 0.355 e. The van der Waals surface area contributed by atoms with Gasteiger partial charge in [0.1, 0.15) is 52.7 Å². The Morgan fingerprint density at radius 2 is 0.574 bits per heavy atom. The predicted molar refractivity (Wildman–Crippen MR) is 309 cm³/mol. The van der Waals surface area contributed by atoms with Gasteiger partial charge in [0, 0.05) is 38.8 Å². The first-order valence-electron chi connectivity index (χ1n) is 27.1. The molecule has 0 spiro atoms. The number of rotatable bonds is 8. The summed E-state index contributed by atoms with van der Waals surface area (Å²) in [6, 6.07) is 53.0. The van der Waals surface area contributed by atoms with Gasteiger partial charge in [0.15, 0.2) is 69.8 Å². The maximum Gasteiger partial charge on any atom is 2.00 e. The summed E-state index contributed by atoms with van der Waals surface area (Å²) in [6.07, 6.45) is -0.865. The van der Waals surface area contributed by atoms with Crippen molar-refractivity contribution in [1.29, 1.82) is 0 Å². The minimum Gasteiger partial charge on any atom is -0.355 e. The quantitative estimate of drug-likeness (QED) is 0.0689. The zero-order valence-corrected chi connectivity index (χ0v) is 49.9. The molecule has 2 aliphatic rings. The van der Waals surface area contributed by atoms with Crippen LogP contribution in [0.2, 0.25) is 0 Å². The fourth-order valence-corrected chi connectivity index (χ4v) is 11.7. The van der Waals surface area contributed by atoms with E-state index in [-0.39, 0.29) is 19.5 Å². The summed E-state index contributed by atoms with van der Waals surface area (Å²) in [5, 5.41) is 0. The van der Waals surface area contributed by atoms with Crippen molar-refractivity contribution in [3.8, 4) is 33.4 Å². The normalized spacial score (nSPS) is 12.0. The van der Waals surface area contributed by atoms with Gasteiger partial charge in [0.05, 0.1) is 28.3 Å². The Hall–Kier alpha value is -10.4. The van der Waals surface area contributed by atoms with E-state index < -0.39 is 144 Å². The predicted octanol–water partition coefficient (Wildman–Crippen LogP) is 16.9. The molecule has 0 saturated carbocycles. The number of benzene rings is 8. The van der Waals surface area contributed by atoms with Gasteiger partial charge in [-0.15, -0.1) is 21.9 Å². The molecule has 5 heterocycles. The summed E-state index contributed by atoms with van der Waals surface area (Å²) in [4.78, 5) is 17.9. The van der Waals surface area contributed by atoms with Crippen molar-refractivity contribution in [2.45, 2.75) is 0 Å². The number of aromatic nitrogens is 4. The number of aromatic amines is 2. The molecule has 0 saturated heterocycles. The van der Waals surface area contributed by atoms with E-state index in [1.807, 2.05) is 0 Å². The monoisotopic (exact) mass is 1360 g/mol. The average Bonchev–Trinajstić information content (AvgIpc) is 1.27. The van der Waals surface area contributed by atoms with Crippen molar-refractivity contribution >= 4 is 73.9 Å². The van der Waals surface area contributed by atoms with Crippen molar-refractivity contribution in [3.63, 3.8) is 0 Å². The van der Waals surface area contributed by atoms with Crippen LogP contribution < -0.4 is 21.9 Å². The van der Waals surface area contributed by atoms with Gasteiger partial charge >= 0.3 is 19.5 Å². The van der Waals surface area contributed by atoms with Gasteiger partial charge in [-0.1, -0.05) is 121 Å². The molecular weight excluding hydrogens is 1330 g/mol. The summed E-state index contributed by atoms with van der Waals surface area (Å²) >= 11 is 0. The van der Waals surface area contributed by atoms with E-state index in [1.54, 1.807) is 0 Å². The van der Waals surface area contributed by atoms with Gasteiger partial charge in [-0.05, 0) is 70.8 Å². The third-order valence-corrected chi connectivity index (χ3v) is 15.6. The molecule has 8 bridgehead atoms. The third kappa shape index (κ3) is 10.6. The Balaban J connectivity index is 0.000000190. The Morgan fingerprint density at radius 1 is 0.277 bits per heavy atom. The van der Waals surface area contributed by atoms with Crippen LogP contribution in [0.15, 0.2) is 152 Å². The van der Waals surface area contributed by atoms with Gasteiger partial charge in [0.2, 0.25) is 0 Å². The van der Waals surface area contributed by atoms with Crippen LogP contribution in [0.1, 0.15) is 28.3 Å². The zero-order valence-electron chi connectivity index (χ0n) is 46.9. The molecule has 466 valence electrons. The standard InChI is InChI=1S/C44H30N4.C24BF20.Zn/c1-5-13-29(14-6-1)38-27-37-26-35-22-21-33(45-35)25-34-23-24-36(46-34)28-39-40(30-15-7-2-8-16-30)41(31-17-9-3-10-18-31)44(48-39)42(43(38)47-37)32-19-11-4-12-20-32;26-5-1(6(27)14(35)21(42)13(5)34)25(2-7(28)15(36)22(43)16(37)8(2)29,3-9(30)17(38)23(44)18(39)10(3)31)4-11(32)19(40)24(45)20(41)12(4)33;/h1-28,45,48H;;/q;-1;+2. The van der Waals surface area contributed by atoms with Crippen molar-refractivity contribution in [1.82, 2.24) is 19.9 Å². The number of hydrogen-bond acceptors (Lipinski definition) is 2. The van der Waals surface area contributed by atoms with Crippen LogP contribution in [0.3, 0.4) is 0 Å². The van der Waals surface area contributed by atoms with Crippen molar-refractivity contribution in [3.05, 3.63) is 296 Å². The van der Waals surface area contributed by atoms with E-state index >= 15 is 35.1 Å². The van der Waals surface area contributed by atoms with E-state index in [2.05, 4.69) is 180 Å². The van der Waals surface area contributed by atoms with E-state index in [1.165, 1.54) is 0 Å². The van der Waals surface area contributed by atoms with Crippen LogP contribution in [-0.4, -0.2) is 26.1 Å². The summed E-state index contributed by atoms with van der Waals surface area (Å²) in [5.74, 6) is -71.4. The third-order valence-electron chi connectivity index (χ3n) is 15.6. The van der Waals surface area contributed by atoms with E-state index in [4.69, 9.17) is 9.97 Å². The molecule has 0 radical (unpaired) electrons. The number of fused-ring (bicyclic) bond motifs is 8. The number of hydrogen-bond donors (Lipinski definition) is 2. The molecule has 0 atom stereocenters. The second-order valence-electron chi connectivity index (χ2n) is 20.8. The molecular formula is C68H30BF20N4Zn+. The van der Waals surface area contributed by atoms with E-state index in [0.717, 1.165) is 89.4 Å². The fourth-order valence-electron chi connectivity index (χ4n) is 11.7. The minimum atomic E-state index is -7.22. The maximum absolute atomic E-state index is 15.4. The molecule has 94 heavy (non-hydrogen) atoms. The average molecular weight is 1360 g/mol. The van der Waals surface area contributed by atoms with Gasteiger partial charge in [-0.3, -0.25) is 0 Å². The Labute approximate surface area is 528 Å². The molecule has 3 aromatic heterocycles. The molecule has 0 amide bonds. The number of nitrogens with one attached hydrogen (secondary N) is 2. The van der Waals surface area contributed by atoms with Crippen LogP contribution in [0.25, 0.3) is 79.2 Å². The zero-order chi connectivity index (χ0) is 66.2. The molecule has 0 aliphatic carbocycles. The number of H-pyrrole nitrogens is 2. The van der Waals surface area contributed by atoms with Gasteiger partial charge in [-0.25, -0.2) is 97.8 Å². The number of halogens is 20. The van der Waals surface area contributed by atoms with Crippen molar-refractivity contribution in [2.24, 2.45) is 0 Å². The summed E-state index contributed by atoms with van der Waals surface area (Å²) < 4.78 is 294. The van der Waals surface area contributed by atoms with Gasteiger partial charge < -0.3 is 9.97 Å². The van der Waals surface area contributed by atoms with E-state index in [9.17, 15) is 52.7 Å². The molecule has 13 rings (SSSR count). The largest absolute Gasteiger partial charge is 2.00 e. The molecule has 0 unspecified atom stereocenters. The first-order chi connectivity index (χ1) is 44.5. The first-order valence-corrected chi connectivity index (χ1v) is 27.1. The molecule has 2 aliphatic heterocycles. The summed E-state index contributed by atoms with van der Waals surface area (Å²) in [5.41, 5.74) is 2.01. The molecule has 4 nitrogen and oxygen atoms in total. The van der Waals surface area contributed by atoms with Crippen molar-refractivity contribution < 1.29 is 107 Å². The molecule has 8 aromatic carbocycles. The summed E-state index contributed by atoms with van der Waals surface area (Å²) in [7, 11) is 0. The minimum absolute atomic E-state index is 0. The Morgan fingerprint density at radius 3 is 0.936 bits per heavy atom. The topological polar surface area (TPSA) is 57.4 Å². The molecule has 26 heteroatoms. The van der Waals surface area contributed by atoms with E-state index in [0.29, 0.717) is 0 Å². The van der Waals surface area contributed by atoms with Crippen LogP contribution in [0, 0.1) is 116 Å². The molecule has 2 N–H and O–H groups in total. The van der Waals surface area contributed by atoms with Crippen LogP contribution >= 0.6 is 0 Å². The molecule has 11 aromatic rings. The second kappa shape index (κ2) is 25.3. The van der Waals surface area contributed by atoms with Crippen LogP contribution in [-0.2, 0) is 19.5 Å². The second-order valence-corrected chi connectivity index (χ2v) is 20.8. The fraction of sp³-hybridized carbons (Fsp3) is 0. The van der Waals surface area contributed by atoms with Crippen LogP contribution in [0.5, 0.6) is 0 Å². The SMILES string of the molecule is C1=Cc2cc3[nH]c(c(-c4ccccc4)c4nc(cc5ccc(cc1n2)[nH]5)C=C4c1ccccc1)c(-c1ccccc1)c3-c1ccccc1.Fc1c(F)c(F)c([B-](c2c(F)c(F)c(F)c(F)c2F)(c2c(F)c(F)c(F)c(F)c2F)c2c(F)c(F)c(F)c(F)c2F)c(F)c1F.[Zn+2]. The van der Waals surface area contributed by atoms with Gasteiger partial charge in [-0.2, -0.15) is 0 Å². The molecule has 0 fully saturated rings. The Bertz CT molecular complexity index is 4760.